The smallest absolute Gasteiger partial charge is 0.149 e. The van der Waals surface area contributed by atoms with Gasteiger partial charge in [-0.1, -0.05) is 12.5 Å². The molecule has 2 aromatic rings. The highest BCUT2D eigenvalue weighted by atomic mass is 19.1. The van der Waals surface area contributed by atoms with Crippen LogP contribution in [0.4, 0.5) is 4.39 Å². The first-order valence-corrected chi connectivity index (χ1v) is 6.00. The number of fused-ring (bicyclic) bond motifs is 2. The van der Waals surface area contributed by atoms with Gasteiger partial charge in [0, 0.05) is 18.4 Å². The zero-order valence-corrected chi connectivity index (χ0v) is 9.54. The van der Waals surface area contributed by atoms with Crippen molar-refractivity contribution in [1.29, 1.82) is 5.41 Å². The van der Waals surface area contributed by atoms with Crippen LogP contribution in [0.1, 0.15) is 25.1 Å². The molecule has 88 valence electrons. The van der Waals surface area contributed by atoms with Crippen LogP contribution < -0.4 is 5.49 Å². The van der Waals surface area contributed by atoms with Crippen molar-refractivity contribution >= 4 is 10.9 Å². The number of hydrogen-bond donors (Lipinski definition) is 1. The summed E-state index contributed by atoms with van der Waals surface area (Å²) in [5.74, 6) is 0.522. The van der Waals surface area contributed by atoms with E-state index < -0.39 is 0 Å². The topological polar surface area (TPSA) is 41.7 Å². The Hall–Kier alpha value is -1.71. The second-order valence-electron chi connectivity index (χ2n) is 4.47. The number of aromatic nitrogens is 2. The quantitative estimate of drug-likeness (QED) is 0.743. The fourth-order valence-corrected chi connectivity index (χ4v) is 2.45. The lowest BCUT2D eigenvalue weighted by Crippen LogP contribution is -2.25. The van der Waals surface area contributed by atoms with Crippen molar-refractivity contribution in [1.82, 2.24) is 9.55 Å². The highest BCUT2D eigenvalue weighted by Crippen LogP contribution is 2.16. The van der Waals surface area contributed by atoms with Crippen LogP contribution in [0, 0.1) is 11.2 Å². The van der Waals surface area contributed by atoms with E-state index in [0.29, 0.717) is 16.4 Å². The molecule has 0 saturated heterocycles. The van der Waals surface area contributed by atoms with Gasteiger partial charge in [0.25, 0.3) is 0 Å². The number of hydrogen-bond acceptors (Lipinski definition) is 2. The Labute approximate surface area is 98.4 Å². The Kier molecular flexibility index (Phi) is 2.42. The van der Waals surface area contributed by atoms with Gasteiger partial charge in [0.2, 0.25) is 0 Å². The molecule has 0 amide bonds. The molecule has 4 heteroatoms. The predicted molar refractivity (Wildman–Crippen MR) is 63.1 cm³/mol. The highest BCUT2D eigenvalue weighted by molar-refractivity contribution is 5.77. The predicted octanol–water partition coefficient (Wildman–Crippen LogP) is 2.38. The first-order valence-electron chi connectivity index (χ1n) is 6.00. The van der Waals surface area contributed by atoms with E-state index in [1.807, 2.05) is 4.57 Å². The second-order valence-corrected chi connectivity index (χ2v) is 4.47. The number of halogens is 1. The van der Waals surface area contributed by atoms with Gasteiger partial charge in [0.15, 0.2) is 0 Å². The van der Waals surface area contributed by atoms with Gasteiger partial charge < -0.3 is 4.57 Å². The van der Waals surface area contributed by atoms with E-state index in [-0.39, 0.29) is 5.82 Å². The van der Waals surface area contributed by atoms with E-state index in [2.05, 4.69) is 4.98 Å². The summed E-state index contributed by atoms with van der Waals surface area (Å²) in [4.78, 5) is 4.40. The van der Waals surface area contributed by atoms with E-state index >= 15 is 0 Å². The SMILES string of the molecule is N=c1c2cccc(F)c2nc2n1CCCCC2. The first kappa shape index (κ1) is 10.4. The molecular formula is C13H14FN3. The van der Waals surface area contributed by atoms with Gasteiger partial charge >= 0.3 is 0 Å². The van der Waals surface area contributed by atoms with Gasteiger partial charge in [-0.15, -0.1) is 0 Å². The maximum atomic E-state index is 13.7. The molecule has 0 radical (unpaired) electrons. The Morgan fingerprint density at radius 2 is 2.12 bits per heavy atom. The zero-order valence-electron chi connectivity index (χ0n) is 9.54. The van der Waals surface area contributed by atoms with Crippen molar-refractivity contribution in [2.75, 3.05) is 0 Å². The molecule has 2 heterocycles. The minimum absolute atomic E-state index is 0.330. The monoisotopic (exact) mass is 231 g/mol. The van der Waals surface area contributed by atoms with E-state index in [0.717, 1.165) is 38.1 Å². The standard InChI is InChI=1S/C13H14FN3/c14-10-6-4-5-9-12(10)16-11-7-2-1-3-8-17(11)13(9)15/h4-6,15H,1-3,7-8H2. The van der Waals surface area contributed by atoms with Crippen molar-refractivity contribution in [2.24, 2.45) is 0 Å². The van der Waals surface area contributed by atoms with Crippen LogP contribution in [-0.4, -0.2) is 9.55 Å². The van der Waals surface area contributed by atoms with Gasteiger partial charge in [0.1, 0.15) is 22.6 Å². The molecule has 1 aliphatic rings. The second kappa shape index (κ2) is 3.95. The average molecular weight is 231 g/mol. The van der Waals surface area contributed by atoms with Gasteiger partial charge in [-0.05, 0) is 25.0 Å². The maximum absolute atomic E-state index is 13.7. The molecule has 17 heavy (non-hydrogen) atoms. The molecule has 3 nitrogen and oxygen atoms in total. The van der Waals surface area contributed by atoms with Crippen molar-refractivity contribution in [2.45, 2.75) is 32.2 Å². The average Bonchev–Trinajstić information content (AvgIpc) is 2.56. The van der Waals surface area contributed by atoms with Crippen molar-refractivity contribution in [3.63, 3.8) is 0 Å². The molecule has 0 atom stereocenters. The summed E-state index contributed by atoms with van der Waals surface area (Å²) in [7, 11) is 0. The Morgan fingerprint density at radius 1 is 1.24 bits per heavy atom. The summed E-state index contributed by atoms with van der Waals surface area (Å²) in [6, 6.07) is 4.81. The maximum Gasteiger partial charge on any atom is 0.149 e. The summed E-state index contributed by atoms with van der Waals surface area (Å²) >= 11 is 0. The number of nitrogens with zero attached hydrogens (tertiary/aromatic N) is 2. The largest absolute Gasteiger partial charge is 0.314 e. The number of nitrogens with one attached hydrogen (secondary N) is 1. The van der Waals surface area contributed by atoms with Crippen molar-refractivity contribution in [3.05, 3.63) is 35.3 Å². The molecule has 1 aromatic carbocycles. The summed E-state index contributed by atoms with van der Waals surface area (Å²) in [6.45, 7) is 0.827. The van der Waals surface area contributed by atoms with Crippen molar-refractivity contribution < 1.29 is 4.39 Å². The van der Waals surface area contributed by atoms with E-state index in [1.165, 1.54) is 6.07 Å². The Balaban J connectivity index is 2.37. The first-order chi connectivity index (χ1) is 8.27. The van der Waals surface area contributed by atoms with Gasteiger partial charge in [-0.3, -0.25) is 5.41 Å². The minimum Gasteiger partial charge on any atom is -0.314 e. The molecule has 0 unspecified atom stereocenters. The number of benzene rings is 1. The summed E-state index contributed by atoms with van der Waals surface area (Å²) < 4.78 is 15.6. The van der Waals surface area contributed by atoms with E-state index in [4.69, 9.17) is 5.41 Å². The molecule has 1 N–H and O–H groups in total. The third kappa shape index (κ3) is 1.64. The van der Waals surface area contributed by atoms with Gasteiger partial charge in [0.05, 0.1) is 0 Å². The molecule has 1 aliphatic heterocycles. The van der Waals surface area contributed by atoms with Crippen LogP contribution in [-0.2, 0) is 13.0 Å². The molecule has 0 bridgehead atoms. The fourth-order valence-electron chi connectivity index (χ4n) is 2.45. The molecule has 1 aromatic heterocycles. The third-order valence-corrected chi connectivity index (χ3v) is 3.35. The lowest BCUT2D eigenvalue weighted by atomic mass is 10.2. The summed E-state index contributed by atoms with van der Waals surface area (Å²) in [6.07, 6.45) is 4.15. The van der Waals surface area contributed by atoms with E-state index in [1.54, 1.807) is 12.1 Å². The Morgan fingerprint density at radius 3 is 3.00 bits per heavy atom. The van der Waals surface area contributed by atoms with Crippen molar-refractivity contribution in [3.8, 4) is 0 Å². The number of rotatable bonds is 0. The van der Waals surface area contributed by atoms with Crippen LogP contribution in [0.3, 0.4) is 0 Å². The van der Waals surface area contributed by atoms with E-state index in [9.17, 15) is 4.39 Å². The van der Waals surface area contributed by atoms with Gasteiger partial charge in [-0.2, -0.15) is 0 Å². The van der Waals surface area contributed by atoms with Gasteiger partial charge in [-0.25, -0.2) is 9.37 Å². The lowest BCUT2D eigenvalue weighted by Gasteiger charge is -2.11. The molecule has 0 aliphatic carbocycles. The molecule has 3 rings (SSSR count). The van der Waals surface area contributed by atoms with Crippen LogP contribution in [0.5, 0.6) is 0 Å². The summed E-state index contributed by atoms with van der Waals surface area (Å²) in [5, 5.41) is 8.77. The third-order valence-electron chi connectivity index (χ3n) is 3.35. The Bertz CT molecular complexity index is 630. The van der Waals surface area contributed by atoms with Crippen LogP contribution in [0.15, 0.2) is 18.2 Å². The van der Waals surface area contributed by atoms with Crippen LogP contribution in [0.2, 0.25) is 0 Å². The molecular weight excluding hydrogens is 217 g/mol. The summed E-state index contributed by atoms with van der Waals surface area (Å²) in [5.41, 5.74) is 0.733. The molecule has 0 saturated carbocycles. The number of aryl methyl sites for hydroxylation is 1. The number of para-hydroxylation sites is 1. The molecule has 0 spiro atoms. The normalized spacial score (nSPS) is 15.6. The lowest BCUT2D eigenvalue weighted by molar-refractivity contribution is 0.597. The fraction of sp³-hybridized carbons (Fsp3) is 0.385. The van der Waals surface area contributed by atoms with Crippen LogP contribution >= 0.6 is 0 Å². The highest BCUT2D eigenvalue weighted by Gasteiger charge is 2.13. The van der Waals surface area contributed by atoms with Crippen LogP contribution in [0.25, 0.3) is 10.9 Å². The zero-order chi connectivity index (χ0) is 11.8. The minimum atomic E-state index is -0.330. The molecule has 0 fully saturated rings.